The highest BCUT2D eigenvalue weighted by Crippen LogP contribution is 2.13. The van der Waals surface area contributed by atoms with Crippen LogP contribution in [0.15, 0.2) is 59.5 Å². The van der Waals surface area contributed by atoms with E-state index in [4.69, 9.17) is 5.14 Å². The minimum absolute atomic E-state index is 0.0467. The summed E-state index contributed by atoms with van der Waals surface area (Å²) in [6, 6.07) is 15.5. The second-order valence-electron chi connectivity index (χ2n) is 6.56. The molecule has 1 aliphatic heterocycles. The molecule has 0 spiro atoms. The van der Waals surface area contributed by atoms with Crippen LogP contribution < -0.4 is 10.5 Å². The summed E-state index contributed by atoms with van der Waals surface area (Å²) in [6.07, 6.45) is 0.822. The number of benzene rings is 2. The van der Waals surface area contributed by atoms with Crippen LogP contribution in [0.1, 0.15) is 17.5 Å². The number of nitrogens with zero attached hydrogens (tertiary/aromatic N) is 1. The number of quaternary nitrogens is 1. The van der Waals surface area contributed by atoms with Gasteiger partial charge in [0.25, 0.3) is 5.91 Å². The van der Waals surface area contributed by atoms with Gasteiger partial charge in [0, 0.05) is 12.1 Å². The number of primary sulfonamides is 1. The van der Waals surface area contributed by atoms with Crippen molar-refractivity contribution < 1.29 is 23.3 Å². The quantitative estimate of drug-likeness (QED) is 0.638. The Morgan fingerprint density at radius 2 is 1.67 bits per heavy atom. The largest absolute Gasteiger partial charge is 0.332 e. The Morgan fingerprint density at radius 3 is 2.30 bits per heavy atom. The Hall–Kier alpha value is -2.55. The van der Waals surface area contributed by atoms with Gasteiger partial charge in [-0.15, -0.1) is 0 Å². The third-order valence-corrected chi connectivity index (χ3v) is 5.56. The summed E-state index contributed by atoms with van der Waals surface area (Å²) in [5.74, 6) is -0.321. The van der Waals surface area contributed by atoms with Crippen molar-refractivity contribution in [3.8, 4) is 0 Å². The predicted molar refractivity (Wildman–Crippen MR) is 98.7 cm³/mol. The number of carbonyl (C=O) groups excluding carboxylic acids is 2. The van der Waals surface area contributed by atoms with E-state index >= 15 is 0 Å². The first-order chi connectivity index (χ1) is 12.8. The van der Waals surface area contributed by atoms with E-state index in [9.17, 15) is 18.0 Å². The van der Waals surface area contributed by atoms with Gasteiger partial charge in [-0.05, 0) is 24.1 Å². The standard InChI is InChI=1S/C19H21N3O4S/c20-27(25,26)16-8-6-15(7-9-16)13-21-17-12-18(23)22(19(17)24)11-10-14-4-2-1-3-5-14/h1-9,17,21H,10-13H2,(H2,20,25,26)/p+1/t17-/m1/s1. The zero-order valence-electron chi connectivity index (χ0n) is 14.7. The highest BCUT2D eigenvalue weighted by molar-refractivity contribution is 7.89. The van der Waals surface area contributed by atoms with E-state index in [1.807, 2.05) is 35.6 Å². The van der Waals surface area contributed by atoms with Gasteiger partial charge in [-0.25, -0.2) is 13.6 Å². The van der Waals surface area contributed by atoms with Crippen LogP contribution >= 0.6 is 0 Å². The van der Waals surface area contributed by atoms with Crippen molar-refractivity contribution in [1.82, 2.24) is 4.90 Å². The molecule has 0 unspecified atom stereocenters. The van der Waals surface area contributed by atoms with E-state index in [0.717, 1.165) is 11.1 Å². The van der Waals surface area contributed by atoms with E-state index in [0.29, 0.717) is 19.5 Å². The molecule has 7 nitrogen and oxygen atoms in total. The Kier molecular flexibility index (Phi) is 5.69. The highest BCUT2D eigenvalue weighted by Gasteiger charge is 2.40. The third kappa shape index (κ3) is 4.79. The van der Waals surface area contributed by atoms with Gasteiger partial charge in [0.15, 0.2) is 6.04 Å². The van der Waals surface area contributed by atoms with Crippen molar-refractivity contribution in [2.75, 3.05) is 6.54 Å². The van der Waals surface area contributed by atoms with Crippen LogP contribution in [-0.2, 0) is 32.6 Å². The zero-order chi connectivity index (χ0) is 19.4. The van der Waals surface area contributed by atoms with Crippen LogP contribution in [0.4, 0.5) is 0 Å². The Bertz CT molecular complexity index is 927. The van der Waals surface area contributed by atoms with Gasteiger partial charge < -0.3 is 5.32 Å². The number of imide groups is 1. The van der Waals surface area contributed by atoms with Crippen LogP contribution in [0, 0.1) is 0 Å². The second-order valence-corrected chi connectivity index (χ2v) is 8.12. The monoisotopic (exact) mass is 388 g/mol. The van der Waals surface area contributed by atoms with Crippen LogP contribution in [0.25, 0.3) is 0 Å². The van der Waals surface area contributed by atoms with Gasteiger partial charge in [-0.2, -0.15) is 0 Å². The number of rotatable bonds is 7. The fourth-order valence-corrected chi connectivity index (χ4v) is 3.62. The van der Waals surface area contributed by atoms with Gasteiger partial charge >= 0.3 is 0 Å². The summed E-state index contributed by atoms with van der Waals surface area (Å²) in [5.41, 5.74) is 1.94. The van der Waals surface area contributed by atoms with Crippen molar-refractivity contribution in [2.45, 2.75) is 30.3 Å². The van der Waals surface area contributed by atoms with Gasteiger partial charge in [-0.3, -0.25) is 14.5 Å². The molecule has 0 saturated carbocycles. The van der Waals surface area contributed by atoms with Crippen molar-refractivity contribution in [3.05, 3.63) is 65.7 Å². The predicted octanol–water partition coefficient (Wildman–Crippen LogP) is -0.232. The zero-order valence-corrected chi connectivity index (χ0v) is 15.6. The molecule has 4 N–H and O–H groups in total. The summed E-state index contributed by atoms with van der Waals surface area (Å²) in [7, 11) is -3.72. The number of amides is 2. The molecule has 2 aromatic carbocycles. The molecular weight excluding hydrogens is 366 g/mol. The third-order valence-electron chi connectivity index (χ3n) is 4.64. The molecule has 2 aromatic rings. The summed E-state index contributed by atoms with van der Waals surface area (Å²) >= 11 is 0. The van der Waals surface area contributed by atoms with E-state index in [-0.39, 0.29) is 23.1 Å². The maximum Gasteiger partial charge on any atom is 0.287 e. The summed E-state index contributed by atoms with van der Waals surface area (Å²) in [5, 5.41) is 6.89. The molecule has 27 heavy (non-hydrogen) atoms. The fourth-order valence-electron chi connectivity index (χ4n) is 3.11. The van der Waals surface area contributed by atoms with Gasteiger partial charge in [0.05, 0.1) is 11.3 Å². The fraction of sp³-hybridized carbons (Fsp3) is 0.263. The number of nitrogens with two attached hydrogens (primary N) is 2. The van der Waals surface area contributed by atoms with Gasteiger partial charge in [-0.1, -0.05) is 42.5 Å². The van der Waals surface area contributed by atoms with Crippen LogP contribution in [-0.4, -0.2) is 37.7 Å². The van der Waals surface area contributed by atoms with Gasteiger partial charge in [0.1, 0.15) is 6.54 Å². The lowest BCUT2D eigenvalue weighted by molar-refractivity contribution is -0.690. The Morgan fingerprint density at radius 1 is 1.00 bits per heavy atom. The molecule has 0 aromatic heterocycles. The minimum atomic E-state index is -3.72. The van der Waals surface area contributed by atoms with Crippen LogP contribution in [0.2, 0.25) is 0 Å². The SMILES string of the molecule is NS(=O)(=O)c1ccc(C[NH2+][C@@H]2CC(=O)N(CCc3ccccc3)C2=O)cc1. The lowest BCUT2D eigenvalue weighted by atomic mass is 10.1. The van der Waals surface area contributed by atoms with Crippen molar-refractivity contribution in [3.63, 3.8) is 0 Å². The lowest BCUT2D eigenvalue weighted by Crippen LogP contribution is -2.90. The smallest absolute Gasteiger partial charge is 0.287 e. The van der Waals surface area contributed by atoms with Crippen molar-refractivity contribution >= 4 is 21.8 Å². The molecule has 1 aliphatic rings. The first-order valence-corrected chi connectivity index (χ1v) is 10.2. The van der Waals surface area contributed by atoms with Crippen LogP contribution in [0.5, 0.6) is 0 Å². The Labute approximate surface area is 158 Å². The van der Waals surface area contributed by atoms with Crippen LogP contribution in [0.3, 0.4) is 0 Å². The molecule has 3 rings (SSSR count). The molecule has 8 heteroatoms. The molecule has 1 heterocycles. The normalized spacial score (nSPS) is 17.5. The van der Waals surface area contributed by atoms with E-state index in [2.05, 4.69) is 0 Å². The number of sulfonamides is 1. The maximum absolute atomic E-state index is 12.5. The molecule has 0 aliphatic carbocycles. The summed E-state index contributed by atoms with van der Waals surface area (Å²) in [6.45, 7) is 0.857. The number of likely N-dealkylation sites (tertiary alicyclic amines) is 1. The molecule has 0 radical (unpaired) electrons. The molecule has 2 amide bonds. The average molecular weight is 388 g/mol. The second kappa shape index (κ2) is 7.99. The minimum Gasteiger partial charge on any atom is -0.332 e. The average Bonchev–Trinajstić information content (AvgIpc) is 2.92. The number of hydrogen-bond acceptors (Lipinski definition) is 4. The van der Waals surface area contributed by atoms with E-state index in [1.165, 1.54) is 17.0 Å². The highest BCUT2D eigenvalue weighted by atomic mass is 32.2. The Balaban J connectivity index is 1.55. The molecular formula is C19H22N3O4S+. The van der Waals surface area contributed by atoms with Crippen molar-refractivity contribution in [1.29, 1.82) is 0 Å². The molecule has 1 atom stereocenters. The molecule has 0 bridgehead atoms. The number of hydrogen-bond donors (Lipinski definition) is 2. The first kappa shape index (κ1) is 19.2. The van der Waals surface area contributed by atoms with Gasteiger partial charge in [0.2, 0.25) is 15.9 Å². The van der Waals surface area contributed by atoms with Crippen molar-refractivity contribution in [2.24, 2.45) is 5.14 Å². The molecule has 1 fully saturated rings. The summed E-state index contributed by atoms with van der Waals surface area (Å²) in [4.78, 5) is 26.1. The number of carbonyl (C=O) groups is 2. The maximum atomic E-state index is 12.5. The molecule has 142 valence electrons. The topological polar surface area (TPSA) is 114 Å². The first-order valence-electron chi connectivity index (χ1n) is 8.68. The van der Waals surface area contributed by atoms with E-state index < -0.39 is 16.1 Å². The molecule has 1 saturated heterocycles. The van der Waals surface area contributed by atoms with E-state index in [1.54, 1.807) is 12.1 Å². The lowest BCUT2D eigenvalue weighted by Gasteiger charge is -2.14. The summed E-state index contributed by atoms with van der Waals surface area (Å²) < 4.78 is 22.5.